The Kier molecular flexibility index (Phi) is 3.49. The van der Waals surface area contributed by atoms with Crippen LogP contribution in [0, 0.1) is 5.92 Å². The minimum Gasteiger partial charge on any atom is -0.382 e. The second kappa shape index (κ2) is 4.87. The topological polar surface area (TPSA) is 47.1 Å². The predicted molar refractivity (Wildman–Crippen MR) is 66.2 cm³/mol. The minimum absolute atomic E-state index is 0.542. The highest BCUT2D eigenvalue weighted by molar-refractivity contribution is 5.24. The van der Waals surface area contributed by atoms with Crippen LogP contribution in [0.2, 0.25) is 0 Å². The number of aromatic nitrogens is 2. The number of nitrogens with zero attached hydrogens (tertiary/aromatic N) is 3. The molecule has 1 aliphatic heterocycles. The van der Waals surface area contributed by atoms with Gasteiger partial charge in [-0.15, -0.1) is 0 Å². The summed E-state index contributed by atoms with van der Waals surface area (Å²) in [6, 6.07) is 2.42. The molecule has 0 bridgehead atoms. The summed E-state index contributed by atoms with van der Waals surface area (Å²) >= 11 is 0. The van der Waals surface area contributed by atoms with E-state index in [1.165, 1.54) is 32.5 Å². The molecule has 2 rings (SSSR count). The number of hydrogen-bond donors (Lipinski definition) is 1. The first-order valence-corrected chi connectivity index (χ1v) is 6.18. The highest BCUT2D eigenvalue weighted by atomic mass is 15.3. The maximum atomic E-state index is 5.64. The van der Waals surface area contributed by atoms with Crippen LogP contribution in [0.25, 0.3) is 0 Å². The molecule has 2 heterocycles. The Morgan fingerprint density at radius 3 is 2.62 bits per heavy atom. The average molecular weight is 222 g/mol. The molecule has 0 unspecified atom stereocenters. The van der Waals surface area contributed by atoms with Gasteiger partial charge in [0.15, 0.2) is 0 Å². The van der Waals surface area contributed by atoms with E-state index in [-0.39, 0.29) is 0 Å². The fourth-order valence-electron chi connectivity index (χ4n) is 2.44. The van der Waals surface area contributed by atoms with Gasteiger partial charge >= 0.3 is 0 Å². The molecular weight excluding hydrogens is 200 g/mol. The van der Waals surface area contributed by atoms with Crippen LogP contribution in [-0.2, 0) is 0 Å². The number of nitrogens with two attached hydrogens (primary N) is 1. The van der Waals surface area contributed by atoms with E-state index in [1.807, 2.05) is 16.9 Å². The zero-order valence-corrected chi connectivity index (χ0v) is 10.3. The number of nitrogen functional groups attached to an aromatic ring is 1. The van der Waals surface area contributed by atoms with Crippen LogP contribution in [0.4, 0.5) is 5.82 Å². The van der Waals surface area contributed by atoms with Gasteiger partial charge < -0.3 is 10.6 Å². The van der Waals surface area contributed by atoms with Crippen molar-refractivity contribution in [3.8, 4) is 0 Å². The first-order valence-electron chi connectivity index (χ1n) is 6.18. The molecule has 0 aliphatic carbocycles. The molecular formula is C12H22N4. The SMILES string of the molecule is CC(C)CN1CCC(n2ccc(N)n2)CC1. The lowest BCUT2D eigenvalue weighted by Crippen LogP contribution is -2.37. The van der Waals surface area contributed by atoms with E-state index in [4.69, 9.17) is 5.73 Å². The molecule has 4 heteroatoms. The van der Waals surface area contributed by atoms with Gasteiger partial charge in [-0.05, 0) is 24.8 Å². The first kappa shape index (κ1) is 11.5. The van der Waals surface area contributed by atoms with Crippen LogP contribution in [0.3, 0.4) is 0 Å². The quantitative estimate of drug-likeness (QED) is 0.847. The fraction of sp³-hybridized carbons (Fsp3) is 0.750. The zero-order chi connectivity index (χ0) is 11.5. The molecule has 1 saturated heterocycles. The summed E-state index contributed by atoms with van der Waals surface area (Å²) in [6.45, 7) is 8.14. The van der Waals surface area contributed by atoms with Gasteiger partial charge in [-0.25, -0.2) is 0 Å². The van der Waals surface area contributed by atoms with E-state index in [0.29, 0.717) is 11.9 Å². The second-order valence-electron chi connectivity index (χ2n) is 5.15. The molecule has 0 radical (unpaired) electrons. The zero-order valence-electron chi connectivity index (χ0n) is 10.3. The van der Waals surface area contributed by atoms with Gasteiger partial charge in [-0.2, -0.15) is 5.10 Å². The van der Waals surface area contributed by atoms with Crippen molar-refractivity contribution in [2.24, 2.45) is 5.92 Å². The summed E-state index contributed by atoms with van der Waals surface area (Å²) in [4.78, 5) is 2.55. The van der Waals surface area contributed by atoms with Gasteiger partial charge in [0.2, 0.25) is 0 Å². The summed E-state index contributed by atoms with van der Waals surface area (Å²) < 4.78 is 2.03. The number of piperidine rings is 1. The summed E-state index contributed by atoms with van der Waals surface area (Å²) in [5.41, 5.74) is 5.64. The molecule has 0 amide bonds. The molecule has 1 aromatic rings. The van der Waals surface area contributed by atoms with Gasteiger partial charge in [0.1, 0.15) is 5.82 Å². The predicted octanol–water partition coefficient (Wildman–Crippen LogP) is 1.76. The Labute approximate surface area is 97.4 Å². The number of likely N-dealkylation sites (tertiary alicyclic amines) is 1. The van der Waals surface area contributed by atoms with Crippen molar-refractivity contribution in [2.45, 2.75) is 32.7 Å². The Morgan fingerprint density at radius 2 is 2.12 bits per heavy atom. The van der Waals surface area contributed by atoms with E-state index in [2.05, 4.69) is 23.8 Å². The van der Waals surface area contributed by atoms with Gasteiger partial charge in [0, 0.05) is 25.8 Å². The standard InChI is InChI=1S/C12H22N4/c1-10(2)9-15-6-3-11(4-7-15)16-8-5-12(13)14-16/h5,8,10-11H,3-4,6-7,9H2,1-2H3,(H2,13,14). The van der Waals surface area contributed by atoms with E-state index in [1.54, 1.807) is 0 Å². The van der Waals surface area contributed by atoms with Crippen LogP contribution in [0.5, 0.6) is 0 Å². The third kappa shape index (κ3) is 2.76. The molecule has 16 heavy (non-hydrogen) atoms. The van der Waals surface area contributed by atoms with Gasteiger partial charge in [0.05, 0.1) is 6.04 Å². The smallest absolute Gasteiger partial charge is 0.145 e. The summed E-state index contributed by atoms with van der Waals surface area (Å²) in [5.74, 6) is 1.39. The summed E-state index contributed by atoms with van der Waals surface area (Å²) in [5, 5.41) is 4.30. The lowest BCUT2D eigenvalue weighted by atomic mass is 10.0. The number of anilines is 1. The molecule has 0 aromatic carbocycles. The van der Waals surface area contributed by atoms with Gasteiger partial charge in [0.25, 0.3) is 0 Å². The van der Waals surface area contributed by atoms with Gasteiger partial charge in [-0.1, -0.05) is 13.8 Å². The number of rotatable bonds is 3. The van der Waals surface area contributed by atoms with Crippen LogP contribution in [0.15, 0.2) is 12.3 Å². The van der Waals surface area contributed by atoms with Crippen LogP contribution >= 0.6 is 0 Å². The molecule has 0 saturated carbocycles. The first-order chi connectivity index (χ1) is 7.65. The van der Waals surface area contributed by atoms with Crippen molar-refractivity contribution >= 4 is 5.82 Å². The van der Waals surface area contributed by atoms with Gasteiger partial charge in [-0.3, -0.25) is 4.68 Å². The third-order valence-corrected chi connectivity index (χ3v) is 3.18. The summed E-state index contributed by atoms with van der Waals surface area (Å²) in [7, 11) is 0. The molecule has 1 aliphatic rings. The average Bonchev–Trinajstić information content (AvgIpc) is 2.65. The van der Waals surface area contributed by atoms with E-state index in [0.717, 1.165) is 5.92 Å². The lowest BCUT2D eigenvalue weighted by molar-refractivity contribution is 0.165. The Balaban J connectivity index is 1.85. The maximum absolute atomic E-state index is 5.64. The Bertz CT molecular complexity index is 324. The van der Waals surface area contributed by atoms with E-state index >= 15 is 0 Å². The minimum atomic E-state index is 0.542. The van der Waals surface area contributed by atoms with Crippen molar-refractivity contribution in [1.29, 1.82) is 0 Å². The van der Waals surface area contributed by atoms with Crippen molar-refractivity contribution in [1.82, 2.24) is 14.7 Å². The monoisotopic (exact) mass is 222 g/mol. The fourth-order valence-corrected chi connectivity index (χ4v) is 2.44. The maximum Gasteiger partial charge on any atom is 0.145 e. The molecule has 0 spiro atoms. The normalized spacial score (nSPS) is 19.4. The molecule has 1 aromatic heterocycles. The molecule has 1 fully saturated rings. The molecule has 90 valence electrons. The van der Waals surface area contributed by atoms with Crippen LogP contribution in [0.1, 0.15) is 32.7 Å². The second-order valence-corrected chi connectivity index (χ2v) is 5.15. The molecule has 2 N–H and O–H groups in total. The largest absolute Gasteiger partial charge is 0.382 e. The highest BCUT2D eigenvalue weighted by Crippen LogP contribution is 2.22. The van der Waals surface area contributed by atoms with Crippen molar-refractivity contribution in [3.05, 3.63) is 12.3 Å². The van der Waals surface area contributed by atoms with Crippen LogP contribution < -0.4 is 5.73 Å². The highest BCUT2D eigenvalue weighted by Gasteiger charge is 2.21. The van der Waals surface area contributed by atoms with Crippen molar-refractivity contribution in [2.75, 3.05) is 25.4 Å². The Hall–Kier alpha value is -1.03. The van der Waals surface area contributed by atoms with E-state index < -0.39 is 0 Å². The lowest BCUT2D eigenvalue weighted by Gasteiger charge is -2.32. The molecule has 4 nitrogen and oxygen atoms in total. The number of hydrogen-bond acceptors (Lipinski definition) is 3. The summed E-state index contributed by atoms with van der Waals surface area (Å²) in [6.07, 6.45) is 4.37. The van der Waals surface area contributed by atoms with E-state index in [9.17, 15) is 0 Å². The molecule has 0 atom stereocenters. The van der Waals surface area contributed by atoms with Crippen LogP contribution in [-0.4, -0.2) is 34.3 Å². The van der Waals surface area contributed by atoms with Crippen molar-refractivity contribution in [3.63, 3.8) is 0 Å². The Morgan fingerprint density at radius 1 is 1.44 bits per heavy atom. The third-order valence-electron chi connectivity index (χ3n) is 3.18. The van der Waals surface area contributed by atoms with Crippen molar-refractivity contribution < 1.29 is 0 Å².